The van der Waals surface area contributed by atoms with E-state index in [0.717, 1.165) is 11.5 Å². The van der Waals surface area contributed by atoms with Crippen LogP contribution in [0.4, 0.5) is 11.6 Å². The van der Waals surface area contributed by atoms with Crippen LogP contribution in [0.3, 0.4) is 0 Å². The second kappa shape index (κ2) is 7.04. The predicted molar refractivity (Wildman–Crippen MR) is 76.8 cm³/mol. The summed E-state index contributed by atoms with van der Waals surface area (Å²) in [4.78, 5) is 10.9. The molecule has 0 spiro atoms. The molecule has 2 aromatic heterocycles. The fraction of sp³-hybridized carbons (Fsp3) is 0.500. The van der Waals surface area contributed by atoms with Crippen LogP contribution in [0.2, 0.25) is 0 Å². The van der Waals surface area contributed by atoms with Crippen molar-refractivity contribution in [2.75, 3.05) is 50.8 Å². The molecule has 3 N–H and O–H groups in total. The van der Waals surface area contributed by atoms with E-state index in [-0.39, 0.29) is 0 Å². The number of rotatable bonds is 8. The van der Waals surface area contributed by atoms with E-state index in [2.05, 4.69) is 20.3 Å². The maximum atomic E-state index is 5.46. The summed E-state index contributed by atoms with van der Waals surface area (Å²) in [7, 11) is 3.34. The number of ether oxygens (including phenoxy) is 2. The molecule has 8 heteroatoms. The molecule has 0 aliphatic heterocycles. The molecule has 0 aliphatic carbocycles. The highest BCUT2D eigenvalue weighted by Crippen LogP contribution is 2.20. The number of nitrogens with one attached hydrogen (secondary N) is 1. The van der Waals surface area contributed by atoms with Gasteiger partial charge >= 0.3 is 0 Å². The van der Waals surface area contributed by atoms with Gasteiger partial charge in [-0.1, -0.05) is 0 Å². The average Bonchev–Trinajstić information content (AvgIpc) is 2.95. The van der Waals surface area contributed by atoms with E-state index < -0.39 is 0 Å². The third kappa shape index (κ3) is 3.16. The number of nitrogen functional groups attached to an aromatic ring is 1. The van der Waals surface area contributed by atoms with Crippen molar-refractivity contribution in [3.05, 3.63) is 18.6 Å². The largest absolute Gasteiger partial charge is 0.383 e. The number of aromatic nitrogens is 3. The molecule has 0 amide bonds. The van der Waals surface area contributed by atoms with Crippen molar-refractivity contribution in [1.29, 1.82) is 0 Å². The first-order chi connectivity index (χ1) is 9.80. The van der Waals surface area contributed by atoms with E-state index >= 15 is 0 Å². The SMILES string of the molecule is COCCN(CCOC)c1nc(NN)cn2ccnc12. The van der Waals surface area contributed by atoms with E-state index in [0.29, 0.717) is 32.1 Å². The van der Waals surface area contributed by atoms with Gasteiger partial charge in [0.2, 0.25) is 0 Å². The highest BCUT2D eigenvalue weighted by Gasteiger charge is 2.14. The second-order valence-electron chi connectivity index (χ2n) is 4.22. The van der Waals surface area contributed by atoms with Gasteiger partial charge in [-0.3, -0.25) is 0 Å². The minimum absolute atomic E-state index is 0.574. The lowest BCUT2D eigenvalue weighted by atomic mass is 10.4. The smallest absolute Gasteiger partial charge is 0.180 e. The van der Waals surface area contributed by atoms with Crippen LogP contribution in [-0.4, -0.2) is 54.9 Å². The summed E-state index contributed by atoms with van der Waals surface area (Å²) in [6.45, 7) is 2.59. The lowest BCUT2D eigenvalue weighted by Crippen LogP contribution is -2.32. The van der Waals surface area contributed by atoms with E-state index in [1.807, 2.05) is 10.6 Å². The normalized spacial score (nSPS) is 10.9. The standard InChI is InChI=1S/C12H20N6O2/c1-19-7-5-17(6-8-20-2)12-11-14-3-4-18(11)9-10(15-12)16-13/h3-4,9,16H,5-8,13H2,1-2H3. The van der Waals surface area contributed by atoms with Gasteiger partial charge in [0.1, 0.15) is 0 Å². The van der Waals surface area contributed by atoms with Crippen molar-refractivity contribution in [2.45, 2.75) is 0 Å². The van der Waals surface area contributed by atoms with Gasteiger partial charge in [-0.15, -0.1) is 0 Å². The fourth-order valence-corrected chi connectivity index (χ4v) is 1.92. The number of hydrogen-bond acceptors (Lipinski definition) is 7. The van der Waals surface area contributed by atoms with Gasteiger partial charge in [-0.2, -0.15) is 0 Å². The molecule has 0 bridgehead atoms. The summed E-state index contributed by atoms with van der Waals surface area (Å²) in [5, 5.41) is 0. The summed E-state index contributed by atoms with van der Waals surface area (Å²) >= 11 is 0. The summed E-state index contributed by atoms with van der Waals surface area (Å²) in [5.41, 5.74) is 3.34. The Morgan fingerprint density at radius 1 is 1.30 bits per heavy atom. The van der Waals surface area contributed by atoms with Crippen molar-refractivity contribution in [3.8, 4) is 0 Å². The van der Waals surface area contributed by atoms with Crippen LogP contribution in [0.25, 0.3) is 5.65 Å². The minimum atomic E-state index is 0.574. The van der Waals surface area contributed by atoms with Crippen molar-refractivity contribution >= 4 is 17.3 Å². The summed E-state index contributed by atoms with van der Waals surface area (Å²) in [6.07, 6.45) is 5.37. The molecule has 0 unspecified atom stereocenters. The number of hydrogen-bond donors (Lipinski definition) is 2. The molecular formula is C12H20N6O2. The molecule has 0 saturated carbocycles. The van der Waals surface area contributed by atoms with Crippen molar-refractivity contribution < 1.29 is 9.47 Å². The molecule has 0 aliphatic rings. The number of hydrazine groups is 1. The Morgan fingerprint density at radius 3 is 2.60 bits per heavy atom. The monoisotopic (exact) mass is 280 g/mol. The molecule has 2 rings (SSSR count). The third-order valence-corrected chi connectivity index (χ3v) is 2.93. The quantitative estimate of drug-likeness (QED) is 0.524. The first-order valence-corrected chi connectivity index (χ1v) is 6.33. The fourth-order valence-electron chi connectivity index (χ4n) is 1.92. The molecule has 20 heavy (non-hydrogen) atoms. The summed E-state index contributed by atoms with van der Waals surface area (Å²) in [5.74, 6) is 6.79. The van der Waals surface area contributed by atoms with Crippen LogP contribution in [0.15, 0.2) is 18.6 Å². The second-order valence-corrected chi connectivity index (χ2v) is 4.22. The third-order valence-electron chi connectivity index (χ3n) is 2.93. The molecule has 110 valence electrons. The Morgan fingerprint density at radius 2 is 2.00 bits per heavy atom. The Labute approximate surface area is 117 Å². The van der Waals surface area contributed by atoms with Crippen molar-refractivity contribution in [2.24, 2.45) is 5.84 Å². The van der Waals surface area contributed by atoms with Gasteiger partial charge < -0.3 is 24.2 Å². The van der Waals surface area contributed by atoms with Gasteiger partial charge in [0.05, 0.1) is 19.4 Å². The zero-order chi connectivity index (χ0) is 14.4. The molecule has 2 heterocycles. The Bertz CT molecular complexity index is 536. The van der Waals surface area contributed by atoms with E-state index in [9.17, 15) is 0 Å². The number of fused-ring (bicyclic) bond motifs is 1. The number of nitrogens with zero attached hydrogens (tertiary/aromatic N) is 4. The van der Waals surface area contributed by atoms with Crippen molar-refractivity contribution in [1.82, 2.24) is 14.4 Å². The van der Waals surface area contributed by atoms with E-state index in [1.165, 1.54) is 0 Å². The van der Waals surface area contributed by atoms with Gasteiger partial charge in [-0.25, -0.2) is 15.8 Å². The Hall–Kier alpha value is -1.90. The van der Waals surface area contributed by atoms with Crippen LogP contribution in [0.5, 0.6) is 0 Å². The number of anilines is 2. The highest BCUT2D eigenvalue weighted by molar-refractivity contribution is 5.66. The van der Waals surface area contributed by atoms with Crippen molar-refractivity contribution in [3.63, 3.8) is 0 Å². The summed E-state index contributed by atoms with van der Waals surface area (Å²) in [6, 6.07) is 0. The van der Waals surface area contributed by atoms with Crippen LogP contribution >= 0.6 is 0 Å². The molecule has 2 aromatic rings. The van der Waals surface area contributed by atoms with Crippen LogP contribution in [0.1, 0.15) is 0 Å². The maximum Gasteiger partial charge on any atom is 0.180 e. The average molecular weight is 280 g/mol. The summed E-state index contributed by atoms with van der Waals surface area (Å²) < 4.78 is 12.2. The first kappa shape index (κ1) is 14.5. The number of methoxy groups -OCH3 is 2. The Kier molecular flexibility index (Phi) is 5.10. The molecular weight excluding hydrogens is 260 g/mol. The molecule has 0 radical (unpaired) electrons. The zero-order valence-corrected chi connectivity index (χ0v) is 11.7. The number of nitrogens with two attached hydrogens (primary N) is 1. The van der Waals surface area contributed by atoms with Gasteiger partial charge in [0.25, 0.3) is 0 Å². The number of imidazole rings is 1. The van der Waals surface area contributed by atoms with E-state index in [1.54, 1.807) is 26.6 Å². The molecule has 0 fully saturated rings. The van der Waals surface area contributed by atoms with Gasteiger partial charge in [-0.05, 0) is 0 Å². The molecule has 8 nitrogen and oxygen atoms in total. The zero-order valence-electron chi connectivity index (χ0n) is 11.7. The Balaban J connectivity index is 2.36. The molecule has 0 saturated heterocycles. The van der Waals surface area contributed by atoms with Crippen LogP contribution in [0, 0.1) is 0 Å². The lowest BCUT2D eigenvalue weighted by molar-refractivity contribution is 0.190. The van der Waals surface area contributed by atoms with Gasteiger partial charge in [0.15, 0.2) is 17.3 Å². The first-order valence-electron chi connectivity index (χ1n) is 6.33. The van der Waals surface area contributed by atoms with E-state index in [4.69, 9.17) is 15.3 Å². The highest BCUT2D eigenvalue weighted by atomic mass is 16.5. The minimum Gasteiger partial charge on any atom is -0.383 e. The lowest BCUT2D eigenvalue weighted by Gasteiger charge is -2.23. The van der Waals surface area contributed by atoms with Crippen LogP contribution in [-0.2, 0) is 9.47 Å². The predicted octanol–water partition coefficient (Wildman–Crippen LogP) is 0.114. The molecule has 0 aromatic carbocycles. The van der Waals surface area contributed by atoms with Gasteiger partial charge in [0, 0.05) is 39.7 Å². The topological polar surface area (TPSA) is 89.9 Å². The van der Waals surface area contributed by atoms with Crippen LogP contribution < -0.4 is 16.2 Å². The maximum absolute atomic E-state index is 5.46. The molecule has 0 atom stereocenters.